The lowest BCUT2D eigenvalue weighted by Crippen LogP contribution is -2.27. The molecule has 5 nitrogen and oxygen atoms in total. The second kappa shape index (κ2) is 8.47. The van der Waals surface area contributed by atoms with Crippen molar-refractivity contribution in [3.8, 4) is 22.4 Å². The van der Waals surface area contributed by atoms with Gasteiger partial charge in [0.2, 0.25) is 5.91 Å². The second-order valence-corrected chi connectivity index (χ2v) is 6.72. The zero-order valence-corrected chi connectivity index (χ0v) is 16.0. The molecular weight excluding hydrogens is 358 g/mol. The molecule has 0 unspecified atom stereocenters. The summed E-state index contributed by atoms with van der Waals surface area (Å²) in [5.41, 5.74) is 2.86. The van der Waals surface area contributed by atoms with Gasteiger partial charge in [-0.1, -0.05) is 18.2 Å². The van der Waals surface area contributed by atoms with Crippen LogP contribution in [0.15, 0.2) is 53.9 Å². The Morgan fingerprint density at radius 3 is 2.85 bits per heavy atom. The van der Waals surface area contributed by atoms with Crippen molar-refractivity contribution >= 4 is 22.9 Å². The van der Waals surface area contributed by atoms with Crippen molar-refractivity contribution in [1.29, 1.82) is 5.26 Å². The summed E-state index contributed by atoms with van der Waals surface area (Å²) in [5, 5.41) is 11.7. The maximum absolute atomic E-state index is 12.6. The van der Waals surface area contributed by atoms with Gasteiger partial charge in [0.25, 0.3) is 0 Å². The third kappa shape index (κ3) is 4.33. The van der Waals surface area contributed by atoms with E-state index in [-0.39, 0.29) is 12.3 Å². The van der Waals surface area contributed by atoms with Crippen LogP contribution >= 0.6 is 11.3 Å². The van der Waals surface area contributed by atoms with Gasteiger partial charge in [-0.25, -0.2) is 4.98 Å². The zero-order chi connectivity index (χ0) is 19.2. The fourth-order valence-corrected chi connectivity index (χ4v) is 3.49. The Kier molecular flexibility index (Phi) is 5.84. The van der Waals surface area contributed by atoms with Gasteiger partial charge >= 0.3 is 0 Å². The first kappa shape index (κ1) is 18.6. The molecule has 1 aromatic heterocycles. The van der Waals surface area contributed by atoms with E-state index in [1.165, 1.54) is 11.3 Å². The van der Waals surface area contributed by atoms with Gasteiger partial charge in [0.1, 0.15) is 10.8 Å². The number of benzene rings is 2. The number of amides is 1. The van der Waals surface area contributed by atoms with E-state index < -0.39 is 0 Å². The molecule has 2 aromatic carbocycles. The Labute approximate surface area is 162 Å². The van der Waals surface area contributed by atoms with E-state index in [4.69, 9.17) is 10.00 Å². The molecule has 0 saturated heterocycles. The Balaban J connectivity index is 1.76. The number of para-hydroxylation sites is 1. The number of hydrogen-bond acceptors (Lipinski definition) is 5. The smallest absolute Gasteiger partial charge is 0.232 e. The van der Waals surface area contributed by atoms with Gasteiger partial charge in [0, 0.05) is 18.1 Å². The van der Waals surface area contributed by atoms with E-state index in [1.807, 2.05) is 42.6 Å². The summed E-state index contributed by atoms with van der Waals surface area (Å²) in [6, 6.07) is 16.8. The molecule has 0 aliphatic heterocycles. The molecule has 1 heterocycles. The second-order valence-electron chi connectivity index (χ2n) is 5.86. The minimum absolute atomic E-state index is 0.0833. The molecule has 3 rings (SSSR count). The van der Waals surface area contributed by atoms with Crippen LogP contribution in [0.2, 0.25) is 0 Å². The number of nitrogens with zero attached hydrogens (tertiary/aromatic N) is 3. The van der Waals surface area contributed by atoms with Crippen LogP contribution in [-0.2, 0) is 11.2 Å². The van der Waals surface area contributed by atoms with Crippen molar-refractivity contribution in [2.24, 2.45) is 0 Å². The third-order valence-electron chi connectivity index (χ3n) is 4.04. The van der Waals surface area contributed by atoms with Crippen LogP contribution in [0.1, 0.15) is 18.2 Å². The SMILES string of the molecule is CCOc1ccccc1-c1nc(CC(=O)N(C)c2cccc(C#N)c2)cs1. The molecule has 1 amide bonds. The highest BCUT2D eigenvalue weighted by Crippen LogP contribution is 2.32. The Bertz CT molecular complexity index is 991. The highest BCUT2D eigenvalue weighted by molar-refractivity contribution is 7.13. The van der Waals surface area contributed by atoms with Crippen molar-refractivity contribution in [3.63, 3.8) is 0 Å². The number of hydrogen-bond donors (Lipinski definition) is 0. The van der Waals surface area contributed by atoms with Gasteiger partial charge in [-0.3, -0.25) is 4.79 Å². The Hall–Kier alpha value is -3.17. The highest BCUT2D eigenvalue weighted by atomic mass is 32.1. The molecule has 0 spiro atoms. The van der Waals surface area contributed by atoms with Crippen LogP contribution in [0, 0.1) is 11.3 Å². The fourth-order valence-electron chi connectivity index (χ4n) is 2.64. The van der Waals surface area contributed by atoms with Gasteiger partial charge in [0.15, 0.2) is 0 Å². The third-order valence-corrected chi connectivity index (χ3v) is 4.96. The molecule has 0 radical (unpaired) electrons. The zero-order valence-electron chi connectivity index (χ0n) is 15.2. The maximum Gasteiger partial charge on any atom is 0.232 e. The lowest BCUT2D eigenvalue weighted by molar-refractivity contribution is -0.117. The standard InChI is InChI=1S/C21H19N3O2S/c1-3-26-19-10-5-4-9-18(19)21-23-16(14-27-21)12-20(25)24(2)17-8-6-7-15(11-17)13-22/h4-11,14H,3,12H2,1-2H3. The van der Waals surface area contributed by atoms with E-state index >= 15 is 0 Å². The lowest BCUT2D eigenvalue weighted by Gasteiger charge is -2.17. The number of rotatable bonds is 6. The van der Waals surface area contributed by atoms with Gasteiger partial charge in [-0.15, -0.1) is 11.3 Å². The minimum atomic E-state index is -0.0833. The summed E-state index contributed by atoms with van der Waals surface area (Å²) < 4.78 is 5.66. The molecule has 3 aromatic rings. The summed E-state index contributed by atoms with van der Waals surface area (Å²) in [5.74, 6) is 0.706. The first-order chi connectivity index (χ1) is 13.1. The highest BCUT2D eigenvalue weighted by Gasteiger charge is 2.16. The van der Waals surface area contributed by atoms with Crippen molar-refractivity contribution in [2.45, 2.75) is 13.3 Å². The normalized spacial score (nSPS) is 10.3. The van der Waals surface area contributed by atoms with Crippen LogP contribution in [-0.4, -0.2) is 24.5 Å². The molecule has 6 heteroatoms. The molecule has 0 aliphatic rings. The molecule has 0 aliphatic carbocycles. The molecule has 0 fully saturated rings. The van der Waals surface area contributed by atoms with Crippen LogP contribution < -0.4 is 9.64 Å². The van der Waals surface area contributed by atoms with Crippen molar-refractivity contribution in [2.75, 3.05) is 18.6 Å². The molecule has 27 heavy (non-hydrogen) atoms. The first-order valence-corrected chi connectivity index (χ1v) is 9.43. The summed E-state index contributed by atoms with van der Waals surface area (Å²) in [6.07, 6.45) is 0.195. The van der Waals surface area contributed by atoms with Gasteiger partial charge in [-0.05, 0) is 37.3 Å². The average molecular weight is 377 g/mol. The van der Waals surface area contributed by atoms with Crippen LogP contribution in [0.5, 0.6) is 5.75 Å². The summed E-state index contributed by atoms with van der Waals surface area (Å²) in [4.78, 5) is 18.8. The van der Waals surface area contributed by atoms with E-state index in [0.29, 0.717) is 17.9 Å². The summed E-state index contributed by atoms with van der Waals surface area (Å²) >= 11 is 1.49. The molecule has 0 N–H and O–H groups in total. The molecule has 0 saturated carbocycles. The van der Waals surface area contributed by atoms with Crippen LogP contribution in [0.4, 0.5) is 5.69 Å². The van der Waals surface area contributed by atoms with Gasteiger partial charge in [0.05, 0.1) is 35.9 Å². The summed E-state index contributed by atoms with van der Waals surface area (Å²) in [7, 11) is 1.70. The number of anilines is 1. The van der Waals surface area contributed by atoms with Crippen LogP contribution in [0.3, 0.4) is 0 Å². The number of thiazole rings is 1. The molecule has 136 valence electrons. The monoisotopic (exact) mass is 377 g/mol. The molecule has 0 bridgehead atoms. The predicted molar refractivity (Wildman–Crippen MR) is 107 cm³/mol. The first-order valence-electron chi connectivity index (χ1n) is 8.55. The summed E-state index contributed by atoms with van der Waals surface area (Å²) in [6.45, 7) is 2.53. The number of likely N-dealkylation sites (N-methyl/N-ethyl adjacent to an activating group) is 1. The number of nitriles is 1. The van der Waals surface area contributed by atoms with Crippen molar-refractivity contribution < 1.29 is 9.53 Å². The van der Waals surface area contributed by atoms with Crippen molar-refractivity contribution in [3.05, 3.63) is 65.2 Å². The van der Waals surface area contributed by atoms with Crippen molar-refractivity contribution in [1.82, 2.24) is 4.98 Å². The number of carbonyl (C=O) groups is 1. The van der Waals surface area contributed by atoms with E-state index in [1.54, 1.807) is 30.1 Å². The Morgan fingerprint density at radius 1 is 1.26 bits per heavy atom. The molecular formula is C21H19N3O2S. The maximum atomic E-state index is 12.6. The quantitative estimate of drug-likeness (QED) is 0.643. The number of aromatic nitrogens is 1. The Morgan fingerprint density at radius 2 is 2.07 bits per heavy atom. The number of carbonyl (C=O) groups excluding carboxylic acids is 1. The fraction of sp³-hybridized carbons (Fsp3) is 0.190. The van der Waals surface area contributed by atoms with E-state index in [0.717, 1.165) is 22.0 Å². The average Bonchev–Trinajstić information content (AvgIpc) is 3.16. The van der Waals surface area contributed by atoms with E-state index in [9.17, 15) is 4.79 Å². The minimum Gasteiger partial charge on any atom is -0.493 e. The van der Waals surface area contributed by atoms with Gasteiger partial charge in [-0.2, -0.15) is 5.26 Å². The topological polar surface area (TPSA) is 66.2 Å². The predicted octanol–water partition coefficient (Wildman–Crippen LogP) is 4.29. The largest absolute Gasteiger partial charge is 0.493 e. The lowest BCUT2D eigenvalue weighted by atomic mass is 10.2. The van der Waals surface area contributed by atoms with Gasteiger partial charge < -0.3 is 9.64 Å². The molecule has 0 atom stereocenters. The van der Waals surface area contributed by atoms with Crippen LogP contribution in [0.25, 0.3) is 10.6 Å². The number of ether oxygens (including phenoxy) is 1. The van der Waals surface area contributed by atoms with E-state index in [2.05, 4.69) is 11.1 Å².